The zero-order valence-electron chi connectivity index (χ0n) is 14.5. The Hall–Kier alpha value is -0.710. The highest BCUT2D eigenvalue weighted by Crippen LogP contribution is 2.13. The summed E-state index contributed by atoms with van der Waals surface area (Å²) in [5.74, 6) is 0. The first-order valence-electron chi connectivity index (χ1n) is 9.53. The van der Waals surface area contributed by atoms with Crippen molar-refractivity contribution in [3.05, 3.63) is 0 Å². The van der Waals surface area contributed by atoms with Crippen molar-refractivity contribution in [3.63, 3.8) is 0 Å². The van der Waals surface area contributed by atoms with Gasteiger partial charge in [-0.2, -0.15) is 5.26 Å². The monoisotopic (exact) mass is 294 g/mol. The predicted octanol–water partition coefficient (Wildman–Crippen LogP) is 6.32. The van der Waals surface area contributed by atoms with Gasteiger partial charge in [0.1, 0.15) is 0 Å². The van der Waals surface area contributed by atoms with E-state index in [0.29, 0.717) is 0 Å². The molecule has 21 heavy (non-hydrogen) atoms. The average molecular weight is 295 g/mol. The van der Waals surface area contributed by atoms with E-state index in [1.54, 1.807) is 0 Å². The summed E-state index contributed by atoms with van der Waals surface area (Å²) in [5, 5.41) is 11.0. The van der Waals surface area contributed by atoms with Gasteiger partial charge in [0.2, 0.25) is 0 Å². The molecule has 0 aliphatic rings. The molecule has 2 nitrogen and oxygen atoms in total. The third kappa shape index (κ3) is 19.3. The molecule has 0 saturated carbocycles. The highest BCUT2D eigenvalue weighted by molar-refractivity contribution is 4.63. The second-order valence-electron chi connectivity index (χ2n) is 6.34. The van der Waals surface area contributed by atoms with Crippen molar-refractivity contribution in [2.24, 2.45) is 0 Å². The van der Waals surface area contributed by atoms with Crippen molar-refractivity contribution in [2.75, 3.05) is 6.54 Å². The van der Waals surface area contributed by atoms with Crippen LogP contribution in [0.15, 0.2) is 0 Å². The molecule has 0 rings (SSSR count). The van der Waals surface area contributed by atoms with Gasteiger partial charge in [-0.25, -0.2) is 0 Å². The summed E-state index contributed by atoms with van der Waals surface area (Å²) in [6.07, 6.45) is 24.3. The lowest BCUT2D eigenvalue weighted by Crippen LogP contribution is -2.06. The van der Waals surface area contributed by atoms with Crippen LogP contribution in [0, 0.1) is 11.5 Å². The van der Waals surface area contributed by atoms with Crippen molar-refractivity contribution < 1.29 is 0 Å². The molecule has 1 N–H and O–H groups in total. The van der Waals surface area contributed by atoms with Crippen molar-refractivity contribution in [2.45, 2.75) is 110 Å². The van der Waals surface area contributed by atoms with E-state index >= 15 is 0 Å². The fourth-order valence-electron chi connectivity index (χ4n) is 2.82. The van der Waals surface area contributed by atoms with Gasteiger partial charge in [-0.3, -0.25) is 0 Å². The minimum Gasteiger partial charge on any atom is -0.324 e. The lowest BCUT2D eigenvalue weighted by molar-refractivity contribution is 0.529. The number of nitriles is 1. The molecule has 0 aliphatic heterocycles. The van der Waals surface area contributed by atoms with Crippen LogP contribution in [0.4, 0.5) is 0 Å². The van der Waals surface area contributed by atoms with E-state index in [4.69, 9.17) is 5.26 Å². The Morgan fingerprint density at radius 2 is 0.905 bits per heavy atom. The van der Waals surface area contributed by atoms with Gasteiger partial charge in [0.15, 0.2) is 6.19 Å². The van der Waals surface area contributed by atoms with E-state index in [0.717, 1.165) is 13.0 Å². The molecule has 124 valence electrons. The molecule has 0 saturated heterocycles. The molecule has 0 bridgehead atoms. The van der Waals surface area contributed by atoms with E-state index in [9.17, 15) is 0 Å². The molecule has 0 atom stereocenters. The van der Waals surface area contributed by atoms with Crippen molar-refractivity contribution in [1.29, 1.82) is 5.26 Å². The Morgan fingerprint density at radius 3 is 1.24 bits per heavy atom. The number of nitrogens with zero attached hydrogens (tertiary/aromatic N) is 1. The summed E-state index contributed by atoms with van der Waals surface area (Å²) < 4.78 is 0. The van der Waals surface area contributed by atoms with Crippen molar-refractivity contribution in [3.8, 4) is 6.19 Å². The molecule has 0 aliphatic carbocycles. The predicted molar refractivity (Wildman–Crippen MR) is 93.2 cm³/mol. The zero-order valence-corrected chi connectivity index (χ0v) is 14.5. The Kier molecular flexibility index (Phi) is 18.6. The third-order valence-corrected chi connectivity index (χ3v) is 4.23. The highest BCUT2D eigenvalue weighted by atomic mass is 14.8. The zero-order chi connectivity index (χ0) is 15.4. The number of rotatable bonds is 17. The maximum absolute atomic E-state index is 8.33. The molecule has 0 unspecified atom stereocenters. The van der Waals surface area contributed by atoms with Crippen LogP contribution in [0.5, 0.6) is 0 Å². The Labute approximate surface area is 133 Å². The van der Waals surface area contributed by atoms with Crippen LogP contribution in [0.1, 0.15) is 110 Å². The van der Waals surface area contributed by atoms with E-state index in [2.05, 4.69) is 12.2 Å². The highest BCUT2D eigenvalue weighted by Gasteiger charge is 1.94. The minimum atomic E-state index is 0.856. The molecular formula is C19H38N2. The van der Waals surface area contributed by atoms with E-state index < -0.39 is 0 Å². The first-order valence-corrected chi connectivity index (χ1v) is 9.53. The molecule has 0 radical (unpaired) electrons. The summed E-state index contributed by atoms with van der Waals surface area (Å²) >= 11 is 0. The normalized spacial score (nSPS) is 10.5. The lowest BCUT2D eigenvalue weighted by Gasteiger charge is -2.03. The molecule has 0 aromatic carbocycles. The van der Waals surface area contributed by atoms with Crippen LogP contribution < -0.4 is 5.32 Å². The standard InChI is InChI=1S/C19H38N2/c1-2-3-4-5-6-7-8-9-10-11-12-13-14-15-16-17-18-21-19-20/h21H,2-18H2,1H3. The van der Waals surface area contributed by atoms with Gasteiger partial charge in [0.25, 0.3) is 0 Å². The van der Waals surface area contributed by atoms with Gasteiger partial charge in [-0.05, 0) is 6.42 Å². The number of hydrogen-bond acceptors (Lipinski definition) is 2. The van der Waals surface area contributed by atoms with Crippen LogP contribution >= 0.6 is 0 Å². The number of unbranched alkanes of at least 4 members (excludes halogenated alkanes) is 15. The SMILES string of the molecule is CCCCCCCCCCCCCCCCCCNC#N. The summed E-state index contributed by atoms with van der Waals surface area (Å²) in [7, 11) is 0. The van der Waals surface area contributed by atoms with Gasteiger partial charge in [-0.1, -0.05) is 103 Å². The molecule has 0 heterocycles. The van der Waals surface area contributed by atoms with Gasteiger partial charge in [-0.15, -0.1) is 0 Å². The number of hydrogen-bond donors (Lipinski definition) is 1. The van der Waals surface area contributed by atoms with Crippen molar-refractivity contribution >= 4 is 0 Å². The molecule has 0 aromatic heterocycles. The third-order valence-electron chi connectivity index (χ3n) is 4.23. The Morgan fingerprint density at radius 1 is 0.571 bits per heavy atom. The first-order chi connectivity index (χ1) is 10.4. The molecule has 0 spiro atoms. The van der Waals surface area contributed by atoms with Crippen LogP contribution in [-0.2, 0) is 0 Å². The molecule has 0 amide bonds. The molecule has 2 heteroatoms. The maximum Gasteiger partial charge on any atom is 0.176 e. The van der Waals surface area contributed by atoms with E-state index in [1.165, 1.54) is 96.3 Å². The number of nitrogens with one attached hydrogen (secondary N) is 1. The maximum atomic E-state index is 8.33. The van der Waals surface area contributed by atoms with Gasteiger partial charge in [0.05, 0.1) is 0 Å². The lowest BCUT2D eigenvalue weighted by atomic mass is 10.0. The summed E-state index contributed by atoms with van der Waals surface area (Å²) in [5.41, 5.74) is 0. The molecule has 0 fully saturated rings. The smallest absolute Gasteiger partial charge is 0.176 e. The summed E-state index contributed by atoms with van der Waals surface area (Å²) in [6, 6.07) is 0. The summed E-state index contributed by atoms with van der Waals surface area (Å²) in [6.45, 7) is 3.14. The Balaban J connectivity index is 2.92. The van der Waals surface area contributed by atoms with Gasteiger partial charge >= 0.3 is 0 Å². The Bertz CT molecular complexity index is 220. The van der Waals surface area contributed by atoms with E-state index in [-0.39, 0.29) is 0 Å². The largest absolute Gasteiger partial charge is 0.324 e. The molecular weight excluding hydrogens is 256 g/mol. The molecule has 0 aromatic rings. The quantitative estimate of drug-likeness (QED) is 0.193. The van der Waals surface area contributed by atoms with Crippen LogP contribution in [0.3, 0.4) is 0 Å². The van der Waals surface area contributed by atoms with Gasteiger partial charge < -0.3 is 5.32 Å². The fraction of sp³-hybridized carbons (Fsp3) is 0.947. The van der Waals surface area contributed by atoms with Crippen LogP contribution in [-0.4, -0.2) is 6.54 Å². The topological polar surface area (TPSA) is 35.8 Å². The second-order valence-corrected chi connectivity index (χ2v) is 6.34. The fourth-order valence-corrected chi connectivity index (χ4v) is 2.82. The van der Waals surface area contributed by atoms with Crippen LogP contribution in [0.2, 0.25) is 0 Å². The van der Waals surface area contributed by atoms with Gasteiger partial charge in [0, 0.05) is 6.54 Å². The average Bonchev–Trinajstić information content (AvgIpc) is 2.50. The van der Waals surface area contributed by atoms with E-state index in [1.807, 2.05) is 6.19 Å². The first kappa shape index (κ1) is 20.3. The van der Waals surface area contributed by atoms with Crippen molar-refractivity contribution in [1.82, 2.24) is 5.32 Å². The summed E-state index contributed by atoms with van der Waals surface area (Å²) in [4.78, 5) is 0. The van der Waals surface area contributed by atoms with Crippen LogP contribution in [0.25, 0.3) is 0 Å². The second kappa shape index (κ2) is 19.3. The minimum absolute atomic E-state index is 0.856.